The van der Waals surface area contributed by atoms with Crippen molar-refractivity contribution in [2.45, 2.75) is 0 Å². The van der Waals surface area contributed by atoms with E-state index in [1.807, 2.05) is 36.4 Å². The number of aromatic nitrogens is 3. The summed E-state index contributed by atoms with van der Waals surface area (Å²) in [7, 11) is 0. The summed E-state index contributed by atoms with van der Waals surface area (Å²) >= 11 is 5.96. The van der Waals surface area contributed by atoms with Crippen molar-refractivity contribution < 1.29 is 8.91 Å². The highest BCUT2D eigenvalue weighted by Gasteiger charge is 2.24. The van der Waals surface area contributed by atoms with Gasteiger partial charge in [-0.3, -0.25) is 0 Å². The molecule has 156 valence electrons. The van der Waals surface area contributed by atoms with Crippen LogP contribution < -0.4 is 9.80 Å². The second-order valence-corrected chi connectivity index (χ2v) is 7.67. The lowest BCUT2D eigenvalue weighted by atomic mass is 10.2. The number of hydrogen-bond acceptors (Lipinski definition) is 6. The molecule has 0 atom stereocenters. The lowest BCUT2D eigenvalue weighted by Crippen LogP contribution is -2.47. The number of pyridine rings is 1. The monoisotopic (exact) mass is 435 g/mol. The van der Waals surface area contributed by atoms with Gasteiger partial charge >= 0.3 is 0 Å². The van der Waals surface area contributed by atoms with Crippen LogP contribution in [0.15, 0.2) is 71.4 Å². The standard InChI is InChI=1S/C23H19ClFN5O/c24-17-9-7-16(8-10-17)21-27-23(31-28-21)18-4-3-11-26-22(18)30-14-12-29(13-15-30)20-6-2-1-5-19(20)25/h1-11H,12-15H2. The number of nitrogens with zero attached hydrogens (tertiary/aromatic N) is 5. The third-order valence-electron chi connectivity index (χ3n) is 5.32. The van der Waals surface area contributed by atoms with Crippen molar-refractivity contribution in [3.05, 3.63) is 77.7 Å². The molecule has 0 amide bonds. The molecule has 2 aromatic carbocycles. The van der Waals surface area contributed by atoms with E-state index in [9.17, 15) is 4.39 Å². The van der Waals surface area contributed by atoms with Crippen molar-refractivity contribution in [3.8, 4) is 22.8 Å². The van der Waals surface area contributed by atoms with Gasteiger partial charge in [0.2, 0.25) is 5.82 Å². The van der Waals surface area contributed by atoms with Gasteiger partial charge in [0.05, 0.1) is 11.3 Å². The largest absolute Gasteiger partial charge is 0.366 e. The maximum atomic E-state index is 14.1. The molecule has 0 N–H and O–H groups in total. The highest BCUT2D eigenvalue weighted by atomic mass is 35.5. The summed E-state index contributed by atoms with van der Waals surface area (Å²) < 4.78 is 19.7. The molecule has 6 nitrogen and oxygen atoms in total. The fourth-order valence-corrected chi connectivity index (χ4v) is 3.86. The summed E-state index contributed by atoms with van der Waals surface area (Å²) in [6.07, 6.45) is 1.75. The summed E-state index contributed by atoms with van der Waals surface area (Å²) in [5.41, 5.74) is 2.23. The first kappa shape index (κ1) is 19.5. The molecule has 5 rings (SSSR count). The zero-order valence-electron chi connectivity index (χ0n) is 16.6. The molecule has 31 heavy (non-hydrogen) atoms. The van der Waals surface area contributed by atoms with Gasteiger partial charge in [0.25, 0.3) is 5.89 Å². The quantitative estimate of drug-likeness (QED) is 0.453. The summed E-state index contributed by atoms with van der Waals surface area (Å²) in [6, 6.07) is 17.9. The number of halogens is 2. The number of benzene rings is 2. The summed E-state index contributed by atoms with van der Waals surface area (Å²) in [6.45, 7) is 2.79. The lowest BCUT2D eigenvalue weighted by molar-refractivity contribution is 0.432. The van der Waals surface area contributed by atoms with E-state index >= 15 is 0 Å². The molecule has 1 fully saturated rings. The summed E-state index contributed by atoms with van der Waals surface area (Å²) in [5.74, 6) is 1.48. The van der Waals surface area contributed by atoms with Gasteiger partial charge in [0.15, 0.2) is 0 Å². The Morgan fingerprint density at radius 1 is 0.871 bits per heavy atom. The maximum Gasteiger partial charge on any atom is 0.261 e. The molecule has 0 spiro atoms. The zero-order valence-corrected chi connectivity index (χ0v) is 17.3. The van der Waals surface area contributed by atoms with E-state index in [1.165, 1.54) is 6.07 Å². The molecule has 1 aliphatic rings. The van der Waals surface area contributed by atoms with E-state index in [1.54, 1.807) is 24.4 Å². The van der Waals surface area contributed by atoms with Gasteiger partial charge in [0.1, 0.15) is 11.6 Å². The van der Waals surface area contributed by atoms with Crippen LogP contribution in [0.25, 0.3) is 22.8 Å². The highest BCUT2D eigenvalue weighted by Crippen LogP contribution is 2.31. The fraction of sp³-hybridized carbons (Fsp3) is 0.174. The molecule has 0 bridgehead atoms. The van der Waals surface area contributed by atoms with E-state index in [0.717, 1.165) is 16.9 Å². The summed E-state index contributed by atoms with van der Waals surface area (Å²) in [4.78, 5) is 13.4. The summed E-state index contributed by atoms with van der Waals surface area (Å²) in [5, 5.41) is 4.76. The Morgan fingerprint density at radius 2 is 1.61 bits per heavy atom. The van der Waals surface area contributed by atoms with Crippen molar-refractivity contribution in [1.29, 1.82) is 0 Å². The SMILES string of the molecule is Fc1ccccc1N1CCN(c2ncccc2-c2nc(-c3ccc(Cl)cc3)no2)CC1. The minimum atomic E-state index is -0.199. The van der Waals surface area contributed by atoms with Crippen LogP contribution in [-0.2, 0) is 0 Å². The Labute approximate surface area is 183 Å². The predicted molar refractivity (Wildman–Crippen MR) is 119 cm³/mol. The van der Waals surface area contributed by atoms with E-state index in [-0.39, 0.29) is 5.82 Å². The van der Waals surface area contributed by atoms with Crippen LogP contribution in [0.5, 0.6) is 0 Å². The number of para-hydroxylation sites is 1. The molecule has 8 heteroatoms. The van der Waals surface area contributed by atoms with Gasteiger partial charge in [-0.2, -0.15) is 4.98 Å². The number of hydrogen-bond donors (Lipinski definition) is 0. The number of piperazine rings is 1. The van der Waals surface area contributed by atoms with Crippen LogP contribution in [0.2, 0.25) is 5.02 Å². The molecule has 1 aliphatic heterocycles. The molecule has 3 heterocycles. The van der Waals surface area contributed by atoms with Gasteiger partial charge in [-0.1, -0.05) is 28.9 Å². The molecule has 2 aromatic heterocycles. The average molecular weight is 436 g/mol. The first-order valence-corrected chi connectivity index (χ1v) is 10.4. The first-order valence-electron chi connectivity index (χ1n) is 9.98. The van der Waals surface area contributed by atoms with Gasteiger partial charge in [-0.05, 0) is 48.5 Å². The minimum absolute atomic E-state index is 0.199. The van der Waals surface area contributed by atoms with Crippen molar-refractivity contribution in [2.24, 2.45) is 0 Å². The van der Waals surface area contributed by atoms with E-state index < -0.39 is 0 Å². The van der Waals surface area contributed by atoms with E-state index in [4.69, 9.17) is 16.1 Å². The number of rotatable bonds is 4. The van der Waals surface area contributed by atoms with Crippen LogP contribution in [0, 0.1) is 5.82 Å². The third kappa shape index (κ3) is 3.96. The van der Waals surface area contributed by atoms with Crippen LogP contribution in [-0.4, -0.2) is 41.3 Å². The van der Waals surface area contributed by atoms with Gasteiger partial charge in [-0.25, -0.2) is 9.37 Å². The van der Waals surface area contributed by atoms with Crippen molar-refractivity contribution >= 4 is 23.1 Å². The smallest absolute Gasteiger partial charge is 0.261 e. The normalized spacial score (nSPS) is 14.1. The van der Waals surface area contributed by atoms with Crippen molar-refractivity contribution in [2.75, 3.05) is 36.0 Å². The molecule has 0 radical (unpaired) electrons. The fourth-order valence-electron chi connectivity index (χ4n) is 3.73. The van der Waals surface area contributed by atoms with Crippen LogP contribution >= 0.6 is 11.6 Å². The van der Waals surface area contributed by atoms with E-state index in [2.05, 4.69) is 24.9 Å². The Hall–Kier alpha value is -3.45. The van der Waals surface area contributed by atoms with Gasteiger partial charge in [0, 0.05) is 43.0 Å². The lowest BCUT2D eigenvalue weighted by Gasteiger charge is -2.37. The molecular formula is C23H19ClFN5O. The Kier molecular flexibility index (Phi) is 5.26. The highest BCUT2D eigenvalue weighted by molar-refractivity contribution is 6.30. The minimum Gasteiger partial charge on any atom is -0.366 e. The van der Waals surface area contributed by atoms with E-state index in [0.29, 0.717) is 48.6 Å². The topological polar surface area (TPSA) is 58.3 Å². The molecule has 1 saturated heterocycles. The second-order valence-electron chi connectivity index (χ2n) is 7.23. The predicted octanol–water partition coefficient (Wildman–Crippen LogP) is 4.92. The molecule has 0 aliphatic carbocycles. The zero-order chi connectivity index (χ0) is 21.2. The second kappa shape index (κ2) is 8.35. The Bertz CT molecular complexity index is 1190. The maximum absolute atomic E-state index is 14.1. The Balaban J connectivity index is 1.37. The molecule has 4 aromatic rings. The van der Waals surface area contributed by atoms with Gasteiger partial charge in [-0.15, -0.1) is 0 Å². The van der Waals surface area contributed by atoms with Crippen LogP contribution in [0.4, 0.5) is 15.9 Å². The van der Waals surface area contributed by atoms with Crippen molar-refractivity contribution in [3.63, 3.8) is 0 Å². The van der Waals surface area contributed by atoms with Crippen molar-refractivity contribution in [1.82, 2.24) is 15.1 Å². The van der Waals surface area contributed by atoms with Gasteiger partial charge < -0.3 is 14.3 Å². The molecule has 0 unspecified atom stereocenters. The Morgan fingerprint density at radius 3 is 2.39 bits per heavy atom. The van der Waals surface area contributed by atoms with Crippen LogP contribution in [0.1, 0.15) is 0 Å². The molecular weight excluding hydrogens is 417 g/mol. The third-order valence-corrected chi connectivity index (χ3v) is 5.57. The first-order chi connectivity index (χ1) is 15.2. The van der Waals surface area contributed by atoms with Crippen LogP contribution in [0.3, 0.4) is 0 Å². The average Bonchev–Trinajstić information content (AvgIpc) is 3.30. The molecule has 0 saturated carbocycles. The number of anilines is 2.